The highest BCUT2D eigenvalue weighted by Gasteiger charge is 2.19. The van der Waals surface area contributed by atoms with Gasteiger partial charge in [-0.15, -0.1) is 0 Å². The van der Waals surface area contributed by atoms with Crippen LogP contribution >= 0.6 is 0 Å². The molecule has 1 aliphatic rings. The monoisotopic (exact) mass is 264 g/mol. The van der Waals surface area contributed by atoms with E-state index in [-0.39, 0.29) is 0 Å². The molecule has 108 valence electrons. The molecule has 4 heteroatoms. The van der Waals surface area contributed by atoms with Gasteiger partial charge in [0.1, 0.15) is 0 Å². The van der Waals surface area contributed by atoms with Gasteiger partial charge in [0, 0.05) is 12.7 Å². The van der Waals surface area contributed by atoms with Crippen LogP contribution in [0.1, 0.15) is 44.6 Å². The second kappa shape index (κ2) is 7.06. The van der Waals surface area contributed by atoms with Crippen LogP contribution in [0, 0.1) is 5.92 Å². The third-order valence-corrected chi connectivity index (χ3v) is 4.15. The van der Waals surface area contributed by atoms with Crippen molar-refractivity contribution in [3.63, 3.8) is 0 Å². The van der Waals surface area contributed by atoms with E-state index >= 15 is 0 Å². The lowest BCUT2D eigenvalue weighted by Crippen LogP contribution is -2.36. The fraction of sp³-hybridized carbons (Fsp3) is 0.800. The van der Waals surface area contributed by atoms with Gasteiger partial charge in [0.05, 0.1) is 6.20 Å². The van der Waals surface area contributed by atoms with E-state index in [2.05, 4.69) is 34.7 Å². The lowest BCUT2D eigenvalue weighted by atomic mass is 9.97. The Labute approximate surface area is 117 Å². The molecule has 2 N–H and O–H groups in total. The second-order valence-corrected chi connectivity index (χ2v) is 6.08. The van der Waals surface area contributed by atoms with Gasteiger partial charge in [-0.3, -0.25) is 4.68 Å². The normalized spacial score (nSPS) is 18.3. The van der Waals surface area contributed by atoms with E-state index < -0.39 is 0 Å². The van der Waals surface area contributed by atoms with Crippen LogP contribution in [0.2, 0.25) is 0 Å². The molecule has 2 heterocycles. The fourth-order valence-electron chi connectivity index (χ4n) is 2.75. The van der Waals surface area contributed by atoms with Gasteiger partial charge in [-0.2, -0.15) is 5.10 Å². The summed E-state index contributed by atoms with van der Waals surface area (Å²) in [6.45, 7) is 9.95. The molecular formula is C15H28N4. The Morgan fingerprint density at radius 1 is 1.37 bits per heavy atom. The zero-order valence-corrected chi connectivity index (χ0v) is 12.4. The van der Waals surface area contributed by atoms with Crippen LogP contribution in [0.4, 0.5) is 0 Å². The minimum absolute atomic E-state index is 0.576. The highest BCUT2D eigenvalue weighted by molar-refractivity contribution is 5.08. The Kier molecular flexibility index (Phi) is 5.40. The van der Waals surface area contributed by atoms with Crippen LogP contribution in [-0.4, -0.2) is 40.9 Å². The molecule has 0 unspecified atom stereocenters. The highest BCUT2D eigenvalue weighted by atomic mass is 15.3. The summed E-state index contributed by atoms with van der Waals surface area (Å²) < 4.78 is 2.13. The number of nitrogens with two attached hydrogens (primary N) is 1. The van der Waals surface area contributed by atoms with Crippen molar-refractivity contribution in [2.24, 2.45) is 11.7 Å². The first kappa shape index (κ1) is 14.5. The van der Waals surface area contributed by atoms with Gasteiger partial charge in [0.25, 0.3) is 0 Å². The fourth-order valence-corrected chi connectivity index (χ4v) is 2.75. The van der Waals surface area contributed by atoms with E-state index in [1.165, 1.54) is 38.0 Å². The minimum Gasteiger partial charge on any atom is -0.330 e. The maximum Gasteiger partial charge on any atom is 0.0524 e. The maximum absolute atomic E-state index is 5.56. The summed E-state index contributed by atoms with van der Waals surface area (Å²) in [4.78, 5) is 2.55. The van der Waals surface area contributed by atoms with E-state index in [4.69, 9.17) is 5.73 Å². The summed E-state index contributed by atoms with van der Waals surface area (Å²) in [6.07, 6.45) is 7.94. The zero-order valence-electron chi connectivity index (χ0n) is 12.4. The van der Waals surface area contributed by atoms with Crippen molar-refractivity contribution >= 4 is 0 Å². The molecule has 0 bridgehead atoms. The van der Waals surface area contributed by atoms with Crippen molar-refractivity contribution in [2.45, 2.75) is 45.6 Å². The molecule has 0 aromatic carbocycles. The third kappa shape index (κ3) is 4.32. The largest absolute Gasteiger partial charge is 0.330 e. The molecule has 0 radical (unpaired) electrons. The van der Waals surface area contributed by atoms with Gasteiger partial charge in [0.15, 0.2) is 0 Å². The number of piperidine rings is 1. The molecule has 1 fully saturated rings. The maximum atomic E-state index is 5.56. The number of aromatic nitrogens is 2. The lowest BCUT2D eigenvalue weighted by molar-refractivity contribution is 0.170. The molecule has 0 atom stereocenters. The van der Waals surface area contributed by atoms with E-state index in [0.717, 1.165) is 25.4 Å². The van der Waals surface area contributed by atoms with E-state index in [1.807, 2.05) is 6.20 Å². The summed E-state index contributed by atoms with van der Waals surface area (Å²) in [6, 6.07) is 0. The van der Waals surface area contributed by atoms with Crippen LogP contribution in [0.3, 0.4) is 0 Å². The van der Waals surface area contributed by atoms with Gasteiger partial charge in [-0.1, -0.05) is 13.8 Å². The molecule has 1 saturated heterocycles. The Balaban J connectivity index is 1.75. The molecule has 4 nitrogen and oxygen atoms in total. The van der Waals surface area contributed by atoms with Crippen LogP contribution in [0.25, 0.3) is 0 Å². The SMILES string of the molecule is CC(C)c1cnn(CC2CCN(CCCN)CC2)c1. The van der Waals surface area contributed by atoms with Gasteiger partial charge >= 0.3 is 0 Å². The molecule has 0 saturated carbocycles. The molecule has 0 aliphatic carbocycles. The smallest absolute Gasteiger partial charge is 0.0524 e. The topological polar surface area (TPSA) is 47.1 Å². The Morgan fingerprint density at radius 2 is 2.11 bits per heavy atom. The number of nitrogens with zero attached hydrogens (tertiary/aromatic N) is 3. The molecule has 0 amide bonds. The molecule has 2 rings (SSSR count). The van der Waals surface area contributed by atoms with E-state index in [1.54, 1.807) is 0 Å². The Hall–Kier alpha value is -0.870. The third-order valence-electron chi connectivity index (χ3n) is 4.15. The first-order chi connectivity index (χ1) is 9.19. The van der Waals surface area contributed by atoms with Crippen LogP contribution in [0.15, 0.2) is 12.4 Å². The molecule has 1 aromatic heterocycles. The lowest BCUT2D eigenvalue weighted by Gasteiger charge is -2.31. The standard InChI is InChI=1S/C15H28N4/c1-13(2)15-10-17-19(12-15)11-14-4-8-18(9-5-14)7-3-6-16/h10,12-14H,3-9,11,16H2,1-2H3. The number of likely N-dealkylation sites (tertiary alicyclic amines) is 1. The van der Waals surface area contributed by atoms with Crippen LogP contribution in [0.5, 0.6) is 0 Å². The highest BCUT2D eigenvalue weighted by Crippen LogP contribution is 2.20. The Bertz CT molecular complexity index is 364. The minimum atomic E-state index is 0.576. The predicted octanol–water partition coefficient (Wildman–Crippen LogP) is 2.07. The average molecular weight is 264 g/mol. The summed E-state index contributed by atoms with van der Waals surface area (Å²) in [5.74, 6) is 1.36. The van der Waals surface area contributed by atoms with Crippen molar-refractivity contribution in [3.05, 3.63) is 18.0 Å². The van der Waals surface area contributed by atoms with E-state index in [0.29, 0.717) is 5.92 Å². The molecule has 19 heavy (non-hydrogen) atoms. The summed E-state index contributed by atoms with van der Waals surface area (Å²) >= 11 is 0. The van der Waals surface area contributed by atoms with Crippen molar-refractivity contribution in [1.82, 2.24) is 14.7 Å². The van der Waals surface area contributed by atoms with Crippen molar-refractivity contribution in [2.75, 3.05) is 26.2 Å². The first-order valence-corrected chi connectivity index (χ1v) is 7.64. The summed E-state index contributed by atoms with van der Waals surface area (Å²) in [5.41, 5.74) is 6.91. The average Bonchev–Trinajstić information content (AvgIpc) is 2.87. The van der Waals surface area contributed by atoms with E-state index in [9.17, 15) is 0 Å². The summed E-state index contributed by atoms with van der Waals surface area (Å²) in [5, 5.41) is 4.49. The molecule has 0 spiro atoms. The van der Waals surface area contributed by atoms with Crippen molar-refractivity contribution < 1.29 is 0 Å². The molecule has 1 aromatic rings. The number of hydrogen-bond donors (Lipinski definition) is 1. The van der Waals surface area contributed by atoms with Gasteiger partial charge in [-0.05, 0) is 62.8 Å². The second-order valence-electron chi connectivity index (χ2n) is 6.08. The predicted molar refractivity (Wildman–Crippen MR) is 79.2 cm³/mol. The number of hydrogen-bond acceptors (Lipinski definition) is 3. The van der Waals surface area contributed by atoms with Crippen molar-refractivity contribution in [3.8, 4) is 0 Å². The molecule has 1 aliphatic heterocycles. The zero-order chi connectivity index (χ0) is 13.7. The Morgan fingerprint density at radius 3 is 2.68 bits per heavy atom. The van der Waals surface area contributed by atoms with Gasteiger partial charge < -0.3 is 10.6 Å². The molecular weight excluding hydrogens is 236 g/mol. The quantitative estimate of drug-likeness (QED) is 0.855. The summed E-state index contributed by atoms with van der Waals surface area (Å²) in [7, 11) is 0. The number of rotatable bonds is 6. The van der Waals surface area contributed by atoms with Crippen LogP contribution in [-0.2, 0) is 6.54 Å². The first-order valence-electron chi connectivity index (χ1n) is 7.64. The van der Waals surface area contributed by atoms with Crippen LogP contribution < -0.4 is 5.73 Å². The van der Waals surface area contributed by atoms with Crippen molar-refractivity contribution in [1.29, 1.82) is 0 Å². The van der Waals surface area contributed by atoms with Gasteiger partial charge in [0.2, 0.25) is 0 Å². The van der Waals surface area contributed by atoms with Gasteiger partial charge in [-0.25, -0.2) is 0 Å².